The summed E-state index contributed by atoms with van der Waals surface area (Å²) in [6.45, 7) is 6.28. The van der Waals surface area contributed by atoms with Crippen LogP contribution in [0.15, 0.2) is 29.7 Å². The second kappa shape index (κ2) is 11.0. The lowest BCUT2D eigenvalue weighted by Gasteiger charge is -2.24. The van der Waals surface area contributed by atoms with E-state index in [-0.39, 0.29) is 17.0 Å². The maximum absolute atomic E-state index is 14.7. The van der Waals surface area contributed by atoms with E-state index in [1.54, 1.807) is 6.07 Å². The number of rotatable bonds is 10. The van der Waals surface area contributed by atoms with Gasteiger partial charge in [0, 0.05) is 33.4 Å². The fourth-order valence-electron chi connectivity index (χ4n) is 3.67. The molecule has 1 aromatic carbocycles. The van der Waals surface area contributed by atoms with Crippen molar-refractivity contribution in [2.75, 3.05) is 0 Å². The van der Waals surface area contributed by atoms with Gasteiger partial charge in [-0.2, -0.15) is 11.8 Å². The molecule has 0 spiro atoms. The average molecular weight is 425 g/mol. The molecule has 0 saturated carbocycles. The topological polar surface area (TPSA) is 72.3 Å². The second-order valence-corrected chi connectivity index (χ2v) is 9.16. The third kappa shape index (κ3) is 5.98. The summed E-state index contributed by atoms with van der Waals surface area (Å²) in [6, 6.07) is 2.17. The van der Waals surface area contributed by atoms with E-state index >= 15 is 0 Å². The summed E-state index contributed by atoms with van der Waals surface area (Å²) in [7, 11) is 0. The molecule has 5 N–H and O–H groups in total. The number of phenols is 1. The summed E-state index contributed by atoms with van der Waals surface area (Å²) in [5.41, 5.74) is 13.3. The molecule has 0 heterocycles. The zero-order chi connectivity index (χ0) is 21.6. The number of benzene rings is 1. The molecule has 0 fully saturated rings. The Bertz CT molecular complexity index is 763. The van der Waals surface area contributed by atoms with Gasteiger partial charge < -0.3 is 16.6 Å². The van der Waals surface area contributed by atoms with Crippen LogP contribution in [0.2, 0.25) is 0 Å². The number of hydrogen-bond donors (Lipinski definition) is 3. The standard InChI is InChI=1S/C23H34F2N2OS/c1-4-6-7-9-16(8-5-2)29-13-15-10-14(3)11-18(23(15)28)17-12-19(26)21(25)22(27)20(17)24/h10-12,16,21-22,28H,4-9,13,26-27H2,1-3H3. The molecule has 0 amide bonds. The van der Waals surface area contributed by atoms with Gasteiger partial charge in [0.05, 0.1) is 6.04 Å². The van der Waals surface area contributed by atoms with Crippen molar-refractivity contribution >= 4 is 17.3 Å². The van der Waals surface area contributed by atoms with E-state index in [0.29, 0.717) is 16.6 Å². The molecule has 0 aliphatic heterocycles. The van der Waals surface area contributed by atoms with Gasteiger partial charge in [-0.25, -0.2) is 8.78 Å². The number of unbranched alkanes of at least 4 members (excludes halogenated alkanes) is 2. The molecule has 1 aliphatic rings. The first-order chi connectivity index (χ1) is 13.8. The van der Waals surface area contributed by atoms with Gasteiger partial charge in [0.25, 0.3) is 0 Å². The summed E-state index contributed by atoms with van der Waals surface area (Å²) in [4.78, 5) is 0. The van der Waals surface area contributed by atoms with Crippen LogP contribution in [0, 0.1) is 6.92 Å². The predicted octanol–water partition coefficient (Wildman–Crippen LogP) is 5.89. The van der Waals surface area contributed by atoms with E-state index in [2.05, 4.69) is 13.8 Å². The van der Waals surface area contributed by atoms with Crippen LogP contribution in [-0.4, -0.2) is 22.6 Å². The van der Waals surface area contributed by atoms with E-state index < -0.39 is 18.0 Å². The van der Waals surface area contributed by atoms with Crippen molar-refractivity contribution in [2.45, 2.75) is 82.5 Å². The molecular weight excluding hydrogens is 390 g/mol. The van der Waals surface area contributed by atoms with Gasteiger partial charge in [0.15, 0.2) is 6.17 Å². The second-order valence-electron chi connectivity index (χ2n) is 7.87. The molecular formula is C23H34F2N2OS. The molecule has 162 valence electrons. The number of alkyl halides is 1. The van der Waals surface area contributed by atoms with Gasteiger partial charge in [0.1, 0.15) is 11.6 Å². The minimum Gasteiger partial charge on any atom is -0.507 e. The zero-order valence-electron chi connectivity index (χ0n) is 17.7. The van der Waals surface area contributed by atoms with Crippen LogP contribution in [0.1, 0.15) is 69.1 Å². The molecule has 6 heteroatoms. The monoisotopic (exact) mass is 424 g/mol. The number of halogens is 2. The first-order valence-electron chi connectivity index (χ1n) is 10.5. The third-order valence-electron chi connectivity index (χ3n) is 5.33. The first-order valence-corrected chi connectivity index (χ1v) is 11.6. The van der Waals surface area contributed by atoms with Crippen LogP contribution >= 0.6 is 11.8 Å². The molecule has 3 nitrogen and oxygen atoms in total. The molecule has 0 bridgehead atoms. The van der Waals surface area contributed by atoms with Crippen molar-refractivity contribution in [1.29, 1.82) is 0 Å². The van der Waals surface area contributed by atoms with Crippen molar-refractivity contribution in [3.05, 3.63) is 46.4 Å². The van der Waals surface area contributed by atoms with Crippen molar-refractivity contribution in [3.8, 4) is 5.75 Å². The van der Waals surface area contributed by atoms with Crippen LogP contribution in [-0.2, 0) is 5.75 Å². The Morgan fingerprint density at radius 2 is 1.90 bits per heavy atom. The lowest BCUT2D eigenvalue weighted by atomic mass is 9.90. The summed E-state index contributed by atoms with van der Waals surface area (Å²) in [6.07, 6.45) is 6.57. The number of hydrogen-bond acceptors (Lipinski definition) is 4. The minimum atomic E-state index is -1.75. The highest BCUT2D eigenvalue weighted by Gasteiger charge is 2.32. The SMILES string of the molecule is CCCCCC(CCC)SCc1cc(C)cc(C2=C(F)C(N)C(F)C(N)=C2)c1O. The summed E-state index contributed by atoms with van der Waals surface area (Å²) >= 11 is 1.84. The van der Waals surface area contributed by atoms with Gasteiger partial charge >= 0.3 is 0 Å². The molecule has 0 radical (unpaired) electrons. The highest BCUT2D eigenvalue weighted by molar-refractivity contribution is 7.99. The number of phenolic OH excluding ortho intramolecular Hbond substituents is 1. The molecule has 0 aromatic heterocycles. The molecule has 1 aromatic rings. The molecule has 3 atom stereocenters. The summed E-state index contributed by atoms with van der Waals surface area (Å²) in [5, 5.41) is 11.4. The van der Waals surface area contributed by atoms with E-state index in [1.807, 2.05) is 24.8 Å². The van der Waals surface area contributed by atoms with E-state index in [1.165, 1.54) is 25.3 Å². The summed E-state index contributed by atoms with van der Waals surface area (Å²) in [5.74, 6) is -0.122. The van der Waals surface area contributed by atoms with Crippen molar-refractivity contribution in [2.24, 2.45) is 11.5 Å². The van der Waals surface area contributed by atoms with E-state index in [9.17, 15) is 13.9 Å². The highest BCUT2D eigenvalue weighted by Crippen LogP contribution is 2.39. The zero-order valence-corrected chi connectivity index (χ0v) is 18.5. The Morgan fingerprint density at radius 3 is 2.55 bits per heavy atom. The fourth-order valence-corrected chi connectivity index (χ4v) is 5.04. The average Bonchev–Trinajstić information content (AvgIpc) is 2.69. The minimum absolute atomic E-state index is 0.0191. The number of aryl methyl sites for hydroxylation is 1. The summed E-state index contributed by atoms with van der Waals surface area (Å²) < 4.78 is 28.6. The normalized spacial score (nSPS) is 20.7. The van der Waals surface area contributed by atoms with Gasteiger partial charge in [-0.15, -0.1) is 0 Å². The Morgan fingerprint density at radius 1 is 1.17 bits per heavy atom. The van der Waals surface area contributed by atoms with Gasteiger partial charge in [0.2, 0.25) is 0 Å². The number of nitrogens with two attached hydrogens (primary N) is 2. The van der Waals surface area contributed by atoms with Crippen molar-refractivity contribution in [1.82, 2.24) is 0 Å². The number of allylic oxidation sites excluding steroid dienone is 2. The Balaban J connectivity index is 2.27. The predicted molar refractivity (Wildman–Crippen MR) is 120 cm³/mol. The lowest BCUT2D eigenvalue weighted by Crippen LogP contribution is -2.38. The third-order valence-corrected chi connectivity index (χ3v) is 6.75. The molecule has 3 unspecified atom stereocenters. The smallest absolute Gasteiger partial charge is 0.161 e. The molecule has 2 rings (SSSR count). The first kappa shape index (κ1) is 23.7. The number of aromatic hydroxyl groups is 1. The van der Waals surface area contributed by atoms with Gasteiger partial charge in [-0.1, -0.05) is 45.6 Å². The molecule has 1 aliphatic carbocycles. The van der Waals surface area contributed by atoms with E-state index in [0.717, 1.165) is 30.4 Å². The Labute approximate surface area is 177 Å². The Hall–Kier alpha value is -1.53. The maximum atomic E-state index is 14.7. The van der Waals surface area contributed by atoms with Crippen LogP contribution in [0.4, 0.5) is 8.78 Å². The largest absolute Gasteiger partial charge is 0.507 e. The quantitative estimate of drug-likeness (QED) is 0.410. The van der Waals surface area contributed by atoms with Crippen LogP contribution in [0.25, 0.3) is 5.57 Å². The lowest BCUT2D eigenvalue weighted by molar-refractivity contribution is 0.315. The fraction of sp³-hybridized carbons (Fsp3) is 0.565. The van der Waals surface area contributed by atoms with Gasteiger partial charge in [-0.05, 0) is 37.5 Å². The van der Waals surface area contributed by atoms with E-state index in [4.69, 9.17) is 11.5 Å². The Kier molecular flexibility index (Phi) is 9.03. The molecule has 0 saturated heterocycles. The van der Waals surface area contributed by atoms with Gasteiger partial charge in [-0.3, -0.25) is 0 Å². The highest BCUT2D eigenvalue weighted by atomic mass is 32.2. The van der Waals surface area contributed by atoms with Crippen molar-refractivity contribution in [3.63, 3.8) is 0 Å². The van der Waals surface area contributed by atoms with Crippen LogP contribution in [0.3, 0.4) is 0 Å². The number of thioether (sulfide) groups is 1. The van der Waals surface area contributed by atoms with Crippen LogP contribution in [0.5, 0.6) is 5.75 Å². The van der Waals surface area contributed by atoms with Crippen molar-refractivity contribution < 1.29 is 13.9 Å². The van der Waals surface area contributed by atoms with Crippen LogP contribution < -0.4 is 11.5 Å². The maximum Gasteiger partial charge on any atom is 0.161 e. The molecule has 29 heavy (non-hydrogen) atoms.